The first-order chi connectivity index (χ1) is 11.7. The monoisotopic (exact) mass is 358 g/mol. The first-order valence-electron chi connectivity index (χ1n) is 8.15. The number of rotatable bonds is 5. The molecule has 0 bridgehead atoms. The minimum atomic E-state index is -4.50. The fourth-order valence-corrected chi connectivity index (χ4v) is 3.13. The molecule has 5 nitrogen and oxygen atoms in total. The van der Waals surface area contributed by atoms with Gasteiger partial charge in [-0.1, -0.05) is 31.4 Å². The van der Waals surface area contributed by atoms with Crippen LogP contribution in [0.1, 0.15) is 49.3 Å². The van der Waals surface area contributed by atoms with Crippen LogP contribution in [0.5, 0.6) is 0 Å². The van der Waals surface area contributed by atoms with Gasteiger partial charge in [-0.2, -0.15) is 13.2 Å². The van der Waals surface area contributed by atoms with Crippen LogP contribution in [0.4, 0.5) is 13.2 Å². The van der Waals surface area contributed by atoms with Gasteiger partial charge in [0.15, 0.2) is 6.10 Å². The van der Waals surface area contributed by atoms with Crippen molar-refractivity contribution in [3.05, 3.63) is 35.4 Å². The second kappa shape index (κ2) is 7.86. The smallest absolute Gasteiger partial charge is 0.378 e. The summed E-state index contributed by atoms with van der Waals surface area (Å²) in [6.07, 6.45) is -1.73. The Labute approximate surface area is 143 Å². The Morgan fingerprint density at radius 3 is 2.16 bits per heavy atom. The highest BCUT2D eigenvalue weighted by Crippen LogP contribution is 2.30. The van der Waals surface area contributed by atoms with E-state index < -0.39 is 35.7 Å². The van der Waals surface area contributed by atoms with E-state index in [1.165, 1.54) is 0 Å². The molecule has 1 aromatic rings. The molecule has 8 heteroatoms. The van der Waals surface area contributed by atoms with Gasteiger partial charge in [0.1, 0.15) is 6.04 Å². The zero-order valence-corrected chi connectivity index (χ0v) is 13.6. The molecule has 1 aliphatic rings. The molecule has 4 N–H and O–H groups in total. The van der Waals surface area contributed by atoms with Crippen molar-refractivity contribution in [3.8, 4) is 0 Å². The number of nitrogens with one attached hydrogen (secondary N) is 1. The van der Waals surface area contributed by atoms with Crippen molar-refractivity contribution in [3.63, 3.8) is 0 Å². The molecule has 2 rings (SSSR count). The van der Waals surface area contributed by atoms with Crippen LogP contribution < -0.4 is 11.1 Å². The number of amides is 2. The summed E-state index contributed by atoms with van der Waals surface area (Å²) in [7, 11) is 0. The Morgan fingerprint density at radius 2 is 1.68 bits per heavy atom. The molecule has 1 aromatic carbocycles. The van der Waals surface area contributed by atoms with Crippen LogP contribution in [0, 0.1) is 5.92 Å². The molecule has 1 saturated carbocycles. The molecule has 1 fully saturated rings. The third kappa shape index (κ3) is 4.94. The Morgan fingerprint density at radius 1 is 1.12 bits per heavy atom. The molecule has 0 heterocycles. The van der Waals surface area contributed by atoms with Crippen LogP contribution in [0.25, 0.3) is 0 Å². The maximum atomic E-state index is 12.6. The highest BCUT2D eigenvalue weighted by atomic mass is 19.4. The first kappa shape index (κ1) is 19.2. The lowest BCUT2D eigenvalue weighted by molar-refractivity contribution is -0.137. The van der Waals surface area contributed by atoms with Crippen LogP contribution in [0.15, 0.2) is 24.3 Å². The van der Waals surface area contributed by atoms with E-state index in [4.69, 9.17) is 5.73 Å². The van der Waals surface area contributed by atoms with E-state index in [0.717, 1.165) is 56.4 Å². The molecule has 0 aliphatic heterocycles. The minimum absolute atomic E-state index is 0.0114. The topological polar surface area (TPSA) is 92.4 Å². The summed E-state index contributed by atoms with van der Waals surface area (Å²) >= 11 is 0. The van der Waals surface area contributed by atoms with Crippen LogP contribution in [-0.2, 0) is 15.8 Å². The van der Waals surface area contributed by atoms with E-state index >= 15 is 0 Å². The maximum Gasteiger partial charge on any atom is 0.416 e. The lowest BCUT2D eigenvalue weighted by Crippen LogP contribution is -2.50. The van der Waals surface area contributed by atoms with Crippen molar-refractivity contribution < 1.29 is 27.9 Å². The summed E-state index contributed by atoms with van der Waals surface area (Å²) in [4.78, 5) is 23.8. The summed E-state index contributed by atoms with van der Waals surface area (Å²) in [6, 6.07) is 2.76. The SMILES string of the molecule is NC(=O)[C@@H](NC(=O)[C@H](O)c1ccc(C(F)(F)F)cc1)C1CCCCC1. The van der Waals surface area contributed by atoms with Gasteiger partial charge in [0, 0.05) is 0 Å². The number of hydrogen-bond donors (Lipinski definition) is 3. The third-order valence-corrected chi connectivity index (χ3v) is 4.53. The summed E-state index contributed by atoms with van der Waals surface area (Å²) in [5.74, 6) is -1.62. The van der Waals surface area contributed by atoms with Crippen LogP contribution in [0.2, 0.25) is 0 Å². The predicted octanol–water partition coefficient (Wildman–Crippen LogP) is 2.29. The summed E-state index contributed by atoms with van der Waals surface area (Å²) in [5, 5.41) is 12.5. The Kier molecular flexibility index (Phi) is 6.05. The van der Waals surface area contributed by atoms with Crippen molar-refractivity contribution >= 4 is 11.8 Å². The van der Waals surface area contributed by atoms with E-state index in [2.05, 4.69) is 5.32 Å². The number of nitrogens with two attached hydrogens (primary N) is 1. The van der Waals surface area contributed by atoms with Crippen molar-refractivity contribution in [2.24, 2.45) is 11.7 Å². The third-order valence-electron chi connectivity index (χ3n) is 4.53. The Hall–Kier alpha value is -2.09. The molecule has 138 valence electrons. The second-order valence-corrected chi connectivity index (χ2v) is 6.31. The van der Waals surface area contributed by atoms with Gasteiger partial charge in [-0.25, -0.2) is 0 Å². The molecule has 25 heavy (non-hydrogen) atoms. The van der Waals surface area contributed by atoms with Gasteiger partial charge in [0.25, 0.3) is 5.91 Å². The number of alkyl halides is 3. The second-order valence-electron chi connectivity index (χ2n) is 6.31. The zero-order chi connectivity index (χ0) is 18.6. The summed E-state index contributed by atoms with van der Waals surface area (Å²) in [6.45, 7) is 0. The summed E-state index contributed by atoms with van der Waals surface area (Å²) < 4.78 is 37.7. The molecule has 2 amide bonds. The molecule has 0 saturated heterocycles. The summed E-state index contributed by atoms with van der Waals surface area (Å²) in [5.41, 5.74) is 4.50. The highest BCUT2D eigenvalue weighted by molar-refractivity contribution is 5.89. The number of halogens is 3. The van der Waals surface area contributed by atoms with Gasteiger partial charge in [-0.05, 0) is 36.5 Å². The first-order valence-corrected chi connectivity index (χ1v) is 8.15. The molecule has 1 aliphatic carbocycles. The molecule has 0 radical (unpaired) electrons. The fourth-order valence-electron chi connectivity index (χ4n) is 3.13. The number of carbonyl (C=O) groups is 2. The van der Waals surface area contributed by atoms with Gasteiger partial charge in [-0.15, -0.1) is 0 Å². The van der Waals surface area contributed by atoms with E-state index in [9.17, 15) is 27.9 Å². The van der Waals surface area contributed by atoms with Crippen molar-refractivity contribution in [1.29, 1.82) is 0 Å². The van der Waals surface area contributed by atoms with Crippen LogP contribution in [0.3, 0.4) is 0 Å². The molecular formula is C17H21F3N2O3. The Balaban J connectivity index is 2.06. The van der Waals surface area contributed by atoms with Gasteiger partial charge < -0.3 is 16.2 Å². The minimum Gasteiger partial charge on any atom is -0.378 e. The van der Waals surface area contributed by atoms with Crippen LogP contribution >= 0.6 is 0 Å². The van der Waals surface area contributed by atoms with Crippen molar-refractivity contribution in [2.45, 2.75) is 50.4 Å². The predicted molar refractivity (Wildman–Crippen MR) is 84.1 cm³/mol. The van der Waals surface area contributed by atoms with Gasteiger partial charge in [-0.3, -0.25) is 9.59 Å². The lowest BCUT2D eigenvalue weighted by atomic mass is 9.83. The van der Waals surface area contributed by atoms with Gasteiger partial charge in [0.05, 0.1) is 5.56 Å². The number of carbonyl (C=O) groups excluding carboxylic acids is 2. The van der Waals surface area contributed by atoms with E-state index in [1.807, 2.05) is 0 Å². The lowest BCUT2D eigenvalue weighted by Gasteiger charge is -2.29. The molecule has 0 aromatic heterocycles. The number of aliphatic hydroxyl groups excluding tert-OH is 1. The van der Waals surface area contributed by atoms with E-state index in [0.29, 0.717) is 0 Å². The fraction of sp³-hybridized carbons (Fsp3) is 0.529. The average molecular weight is 358 g/mol. The van der Waals surface area contributed by atoms with Gasteiger partial charge >= 0.3 is 6.18 Å². The van der Waals surface area contributed by atoms with Crippen LogP contribution in [-0.4, -0.2) is 23.0 Å². The van der Waals surface area contributed by atoms with Crippen molar-refractivity contribution in [1.82, 2.24) is 5.32 Å². The number of primary amides is 1. The molecular weight excluding hydrogens is 337 g/mol. The average Bonchev–Trinajstić information content (AvgIpc) is 2.58. The normalized spacial score (nSPS) is 18.4. The molecule has 0 unspecified atom stereocenters. The van der Waals surface area contributed by atoms with E-state index in [1.54, 1.807) is 0 Å². The number of benzene rings is 1. The maximum absolute atomic E-state index is 12.6. The highest BCUT2D eigenvalue weighted by Gasteiger charge is 2.33. The number of aliphatic hydroxyl groups is 1. The quantitative estimate of drug-likeness (QED) is 0.754. The standard InChI is InChI=1S/C17H21F3N2O3/c18-17(19,20)12-8-6-11(7-9-12)14(23)16(25)22-13(15(21)24)10-4-2-1-3-5-10/h6-10,13-14,23H,1-5H2,(H2,21,24)(H,22,25)/t13-,14+/m0/s1. The number of hydrogen-bond acceptors (Lipinski definition) is 3. The van der Waals surface area contributed by atoms with E-state index in [-0.39, 0.29) is 11.5 Å². The molecule has 0 spiro atoms. The largest absolute Gasteiger partial charge is 0.416 e. The van der Waals surface area contributed by atoms with Crippen molar-refractivity contribution in [2.75, 3.05) is 0 Å². The Bertz CT molecular complexity index is 611. The molecule has 2 atom stereocenters. The van der Waals surface area contributed by atoms with Gasteiger partial charge in [0.2, 0.25) is 5.91 Å². The zero-order valence-electron chi connectivity index (χ0n) is 13.6.